The smallest absolute Gasteiger partial charge is 0.338 e. The van der Waals surface area contributed by atoms with Gasteiger partial charge in [0.05, 0.1) is 17.1 Å². The summed E-state index contributed by atoms with van der Waals surface area (Å²) in [5, 5.41) is 13.8. The summed E-state index contributed by atoms with van der Waals surface area (Å²) in [4.78, 5) is 34.6. The first kappa shape index (κ1) is 20.4. The molecule has 0 saturated carbocycles. The van der Waals surface area contributed by atoms with Gasteiger partial charge < -0.3 is 10.1 Å². The van der Waals surface area contributed by atoms with E-state index in [0.29, 0.717) is 12.3 Å². The Labute approximate surface area is 161 Å². The number of esters is 1. The lowest BCUT2D eigenvalue weighted by Gasteiger charge is -2.07. The SMILES string of the molecule is CCOC(=O)c1cc(C(=O)NCCSCc2ccccc2)cc([N+](=O)[O-])c1. The number of benzene rings is 2. The van der Waals surface area contributed by atoms with Crippen LogP contribution in [0, 0.1) is 10.1 Å². The Morgan fingerprint density at radius 2 is 1.85 bits per heavy atom. The van der Waals surface area contributed by atoms with Gasteiger partial charge in [0.25, 0.3) is 11.6 Å². The Hall–Kier alpha value is -2.87. The number of hydrogen-bond donors (Lipinski definition) is 1. The molecule has 0 aliphatic rings. The third-order valence-electron chi connectivity index (χ3n) is 3.55. The lowest BCUT2D eigenvalue weighted by molar-refractivity contribution is -0.384. The summed E-state index contributed by atoms with van der Waals surface area (Å²) in [7, 11) is 0. The summed E-state index contributed by atoms with van der Waals surface area (Å²) < 4.78 is 4.86. The minimum absolute atomic E-state index is 0.0188. The van der Waals surface area contributed by atoms with Crippen molar-refractivity contribution in [3.63, 3.8) is 0 Å². The molecule has 2 aromatic rings. The highest BCUT2D eigenvalue weighted by Crippen LogP contribution is 2.18. The molecule has 0 heterocycles. The number of nitro benzene ring substituents is 1. The molecule has 0 unspecified atom stereocenters. The van der Waals surface area contributed by atoms with Crippen LogP contribution in [0.1, 0.15) is 33.2 Å². The standard InChI is InChI=1S/C19H20N2O5S/c1-2-26-19(23)16-10-15(11-17(12-16)21(24)25)18(22)20-8-9-27-13-14-6-4-3-5-7-14/h3-7,10-12H,2,8-9,13H2,1H3,(H,20,22). The molecule has 1 N–H and O–H groups in total. The topological polar surface area (TPSA) is 98.5 Å². The molecule has 0 saturated heterocycles. The third-order valence-corrected chi connectivity index (χ3v) is 4.58. The number of nitro groups is 1. The van der Waals surface area contributed by atoms with Crippen molar-refractivity contribution in [3.05, 3.63) is 75.3 Å². The number of ether oxygens (including phenoxy) is 1. The average Bonchev–Trinajstić information content (AvgIpc) is 2.68. The molecule has 8 heteroatoms. The molecule has 2 rings (SSSR count). The highest BCUT2D eigenvalue weighted by molar-refractivity contribution is 7.98. The monoisotopic (exact) mass is 388 g/mol. The van der Waals surface area contributed by atoms with Gasteiger partial charge in [-0.3, -0.25) is 14.9 Å². The van der Waals surface area contributed by atoms with Crippen LogP contribution in [0.2, 0.25) is 0 Å². The molecule has 142 valence electrons. The molecule has 1 amide bonds. The zero-order valence-electron chi connectivity index (χ0n) is 14.8. The van der Waals surface area contributed by atoms with E-state index in [0.717, 1.165) is 17.9 Å². The van der Waals surface area contributed by atoms with E-state index in [1.54, 1.807) is 18.7 Å². The van der Waals surface area contributed by atoms with E-state index >= 15 is 0 Å². The van der Waals surface area contributed by atoms with E-state index < -0.39 is 16.8 Å². The van der Waals surface area contributed by atoms with Crippen LogP contribution in [0.3, 0.4) is 0 Å². The Morgan fingerprint density at radius 1 is 1.15 bits per heavy atom. The average molecular weight is 388 g/mol. The Morgan fingerprint density at radius 3 is 2.52 bits per heavy atom. The minimum Gasteiger partial charge on any atom is -0.462 e. The second kappa shape index (κ2) is 10.3. The van der Waals surface area contributed by atoms with Crippen LogP contribution in [0.5, 0.6) is 0 Å². The van der Waals surface area contributed by atoms with Gasteiger partial charge in [0, 0.05) is 35.7 Å². The van der Waals surface area contributed by atoms with Crippen molar-refractivity contribution < 1.29 is 19.2 Å². The highest BCUT2D eigenvalue weighted by atomic mass is 32.2. The van der Waals surface area contributed by atoms with Gasteiger partial charge in [0.2, 0.25) is 0 Å². The largest absolute Gasteiger partial charge is 0.462 e. The van der Waals surface area contributed by atoms with Crippen LogP contribution >= 0.6 is 11.8 Å². The third kappa shape index (κ3) is 6.41. The number of nitrogens with zero attached hydrogens (tertiary/aromatic N) is 1. The van der Waals surface area contributed by atoms with Gasteiger partial charge in [-0.1, -0.05) is 30.3 Å². The van der Waals surface area contributed by atoms with E-state index in [2.05, 4.69) is 5.32 Å². The number of carbonyl (C=O) groups is 2. The van der Waals surface area contributed by atoms with Gasteiger partial charge in [-0.25, -0.2) is 4.79 Å². The van der Waals surface area contributed by atoms with Gasteiger partial charge in [-0.15, -0.1) is 0 Å². The lowest BCUT2D eigenvalue weighted by atomic mass is 10.1. The van der Waals surface area contributed by atoms with Crippen LogP contribution in [0.25, 0.3) is 0 Å². The molecule has 0 atom stereocenters. The predicted octanol–water partition coefficient (Wildman–Crippen LogP) is 3.43. The van der Waals surface area contributed by atoms with Crippen molar-refractivity contribution >= 4 is 29.3 Å². The van der Waals surface area contributed by atoms with Crippen LogP contribution in [0.15, 0.2) is 48.5 Å². The number of hydrogen-bond acceptors (Lipinski definition) is 6. The summed E-state index contributed by atoms with van der Waals surface area (Å²) in [5.74, 6) is 0.360. The fourth-order valence-electron chi connectivity index (χ4n) is 2.28. The molecule has 2 aromatic carbocycles. The summed E-state index contributed by atoms with van der Waals surface area (Å²) in [6, 6.07) is 13.5. The second-order valence-electron chi connectivity index (χ2n) is 5.54. The normalized spacial score (nSPS) is 10.3. The zero-order valence-corrected chi connectivity index (χ0v) is 15.7. The van der Waals surface area contributed by atoms with Crippen LogP contribution < -0.4 is 5.32 Å². The molecule has 27 heavy (non-hydrogen) atoms. The molecule has 0 radical (unpaired) electrons. The molecule has 0 aromatic heterocycles. The zero-order chi connectivity index (χ0) is 19.6. The number of non-ortho nitro benzene ring substituents is 1. The van der Waals surface area contributed by atoms with Gasteiger partial charge >= 0.3 is 5.97 Å². The number of carbonyl (C=O) groups excluding carboxylic acids is 2. The summed E-state index contributed by atoms with van der Waals surface area (Å²) in [6.45, 7) is 2.19. The summed E-state index contributed by atoms with van der Waals surface area (Å²) >= 11 is 1.67. The number of nitrogens with one attached hydrogen (secondary N) is 1. The fourth-order valence-corrected chi connectivity index (χ4v) is 3.10. The van der Waals surface area contributed by atoms with Crippen molar-refractivity contribution in [2.24, 2.45) is 0 Å². The quantitative estimate of drug-likeness (QED) is 0.306. The van der Waals surface area contributed by atoms with Crippen LogP contribution in [-0.2, 0) is 10.5 Å². The van der Waals surface area contributed by atoms with Crippen molar-refractivity contribution in [2.45, 2.75) is 12.7 Å². The predicted molar refractivity (Wildman–Crippen MR) is 104 cm³/mol. The molecule has 7 nitrogen and oxygen atoms in total. The molecule has 0 fully saturated rings. The van der Waals surface area contributed by atoms with Crippen LogP contribution in [0.4, 0.5) is 5.69 Å². The van der Waals surface area contributed by atoms with Gasteiger partial charge in [0.1, 0.15) is 0 Å². The molecule has 0 bridgehead atoms. The molecule has 0 spiro atoms. The van der Waals surface area contributed by atoms with E-state index in [1.807, 2.05) is 30.3 Å². The molecule has 0 aliphatic heterocycles. The molecular formula is C19H20N2O5S. The van der Waals surface area contributed by atoms with Gasteiger partial charge in [-0.05, 0) is 18.6 Å². The minimum atomic E-state index is -0.700. The van der Waals surface area contributed by atoms with Crippen molar-refractivity contribution in [1.29, 1.82) is 0 Å². The van der Waals surface area contributed by atoms with Gasteiger partial charge in [0.15, 0.2) is 0 Å². The Kier molecular flexibility index (Phi) is 7.81. The van der Waals surface area contributed by atoms with Crippen molar-refractivity contribution in [1.82, 2.24) is 5.32 Å². The highest BCUT2D eigenvalue weighted by Gasteiger charge is 2.18. The second-order valence-corrected chi connectivity index (χ2v) is 6.65. The van der Waals surface area contributed by atoms with Crippen molar-refractivity contribution in [2.75, 3.05) is 18.9 Å². The first-order valence-corrected chi connectivity index (χ1v) is 9.53. The molecular weight excluding hydrogens is 368 g/mol. The first-order valence-electron chi connectivity index (χ1n) is 8.37. The first-order chi connectivity index (χ1) is 13.0. The molecule has 0 aliphatic carbocycles. The Balaban J connectivity index is 1.94. The van der Waals surface area contributed by atoms with Gasteiger partial charge in [-0.2, -0.15) is 11.8 Å². The maximum Gasteiger partial charge on any atom is 0.338 e. The fraction of sp³-hybridized carbons (Fsp3) is 0.263. The maximum absolute atomic E-state index is 12.3. The lowest BCUT2D eigenvalue weighted by Crippen LogP contribution is -2.26. The van der Waals surface area contributed by atoms with E-state index in [-0.39, 0.29) is 23.4 Å². The number of amides is 1. The van der Waals surface area contributed by atoms with Crippen LogP contribution in [-0.4, -0.2) is 35.7 Å². The Bertz CT molecular complexity index is 811. The van der Waals surface area contributed by atoms with E-state index in [1.165, 1.54) is 11.6 Å². The van der Waals surface area contributed by atoms with Crippen molar-refractivity contribution in [3.8, 4) is 0 Å². The number of thioether (sulfide) groups is 1. The number of rotatable bonds is 9. The van der Waals surface area contributed by atoms with E-state index in [4.69, 9.17) is 4.74 Å². The van der Waals surface area contributed by atoms with E-state index in [9.17, 15) is 19.7 Å². The maximum atomic E-state index is 12.3. The summed E-state index contributed by atoms with van der Waals surface area (Å²) in [5.41, 5.74) is 0.908. The summed E-state index contributed by atoms with van der Waals surface area (Å²) in [6.07, 6.45) is 0.